The van der Waals surface area contributed by atoms with Crippen LogP contribution in [0.15, 0.2) is 18.2 Å². The third-order valence-corrected chi connectivity index (χ3v) is 9.56. The van der Waals surface area contributed by atoms with Crippen molar-refractivity contribution in [2.24, 2.45) is 5.73 Å². The van der Waals surface area contributed by atoms with Crippen LogP contribution < -0.4 is 21.3 Å². The summed E-state index contributed by atoms with van der Waals surface area (Å²) in [5.74, 6) is -4.57. The normalized spacial score (nSPS) is 16.8. The molecule has 2 bridgehead atoms. The molecular weight excluding hydrogens is 709 g/mol. The van der Waals surface area contributed by atoms with Gasteiger partial charge in [0.15, 0.2) is 0 Å². The number of alkyl carbamates (subject to hydrolysis) is 1. The van der Waals surface area contributed by atoms with Crippen LogP contribution >= 0.6 is 0 Å². The van der Waals surface area contributed by atoms with Gasteiger partial charge in [0.2, 0.25) is 0 Å². The molecule has 52 heavy (non-hydrogen) atoms. The molecule has 1 aliphatic rings. The number of nitrogens with two attached hydrogens (primary N) is 1. The molecule has 0 radical (unpaired) electrons. The summed E-state index contributed by atoms with van der Waals surface area (Å²) >= 11 is 0. The number of aromatic nitrogens is 2. The number of nitrogens with zero attached hydrogens (tertiary/aromatic N) is 3. The predicted octanol–water partition coefficient (Wildman–Crippen LogP) is 5.72. The van der Waals surface area contributed by atoms with Crippen LogP contribution in [-0.4, -0.2) is 86.2 Å². The van der Waals surface area contributed by atoms with Gasteiger partial charge in [0.25, 0.3) is 5.91 Å². The minimum atomic E-state index is -5.49. The van der Waals surface area contributed by atoms with E-state index < -0.39 is 67.6 Å². The zero-order valence-electron chi connectivity index (χ0n) is 30.6. The predicted molar refractivity (Wildman–Crippen MR) is 186 cm³/mol. The number of hydrogen-bond acceptors (Lipinski definition) is 10. The molecule has 0 unspecified atom stereocenters. The van der Waals surface area contributed by atoms with Crippen LogP contribution in [0.5, 0.6) is 0 Å². The van der Waals surface area contributed by atoms with Crippen molar-refractivity contribution in [2.45, 2.75) is 103 Å². The second-order valence-electron chi connectivity index (χ2n) is 14.4. The van der Waals surface area contributed by atoms with Crippen LogP contribution in [0.25, 0.3) is 11.3 Å². The van der Waals surface area contributed by atoms with E-state index in [9.17, 15) is 37.1 Å². The Morgan fingerprint density at radius 2 is 1.65 bits per heavy atom. The number of imidazole rings is 1. The quantitative estimate of drug-likeness (QED) is 0.123. The van der Waals surface area contributed by atoms with Crippen molar-refractivity contribution in [3.63, 3.8) is 0 Å². The van der Waals surface area contributed by atoms with Crippen molar-refractivity contribution in [1.82, 2.24) is 14.9 Å². The molecule has 0 saturated carbocycles. The number of halogens is 3. The van der Waals surface area contributed by atoms with Crippen LogP contribution in [0.1, 0.15) is 68.8 Å². The molecule has 4 amide bonds. The number of anilines is 2. The number of nitrogens with one attached hydrogen (secondary N) is 2. The van der Waals surface area contributed by atoms with Crippen molar-refractivity contribution in [3.05, 3.63) is 29.7 Å². The summed E-state index contributed by atoms with van der Waals surface area (Å²) in [4.78, 5) is 70.0. The van der Waals surface area contributed by atoms with Gasteiger partial charge in [-0.15, -0.1) is 0 Å². The fourth-order valence-corrected chi connectivity index (χ4v) is 6.22. The fourth-order valence-electron chi connectivity index (χ4n) is 5.46. The number of fused-ring (bicyclic) bond motifs is 4. The van der Waals surface area contributed by atoms with Gasteiger partial charge in [-0.2, -0.15) is 13.2 Å². The Balaban J connectivity index is 2.45. The van der Waals surface area contributed by atoms with Gasteiger partial charge in [0.05, 0.1) is 25.9 Å². The second-order valence-corrected chi connectivity index (χ2v) is 20.0. The highest BCUT2D eigenvalue weighted by Gasteiger charge is 2.48. The number of methoxy groups -OCH3 is 2. The molecule has 3 rings (SSSR count). The number of rotatable bonds is 9. The Kier molecular flexibility index (Phi) is 13.5. The van der Waals surface area contributed by atoms with Crippen molar-refractivity contribution in [1.29, 1.82) is 0 Å². The summed E-state index contributed by atoms with van der Waals surface area (Å²) in [5.41, 5.74) is 3.54. The molecule has 0 aliphatic carbocycles. The van der Waals surface area contributed by atoms with E-state index in [0.717, 1.165) is 26.3 Å². The zero-order valence-corrected chi connectivity index (χ0v) is 31.6. The smallest absolute Gasteiger partial charge is 0.467 e. The molecule has 1 aromatic heterocycles. The first-order chi connectivity index (χ1) is 24.1. The molecule has 1 aliphatic heterocycles. The first-order valence-electron chi connectivity index (χ1n) is 16.5. The lowest BCUT2D eigenvalue weighted by atomic mass is 9.99. The number of esters is 1. The van der Waals surface area contributed by atoms with Crippen LogP contribution in [0.3, 0.4) is 0 Å². The highest BCUT2D eigenvalue weighted by Crippen LogP contribution is 2.41. The molecule has 288 valence electrons. The van der Waals surface area contributed by atoms with Crippen LogP contribution in [-0.2, 0) is 35.3 Å². The lowest BCUT2D eigenvalue weighted by molar-refractivity contribution is -0.172. The van der Waals surface area contributed by atoms with Crippen LogP contribution in [0, 0.1) is 0 Å². The molecule has 15 nitrogen and oxygen atoms in total. The maximum absolute atomic E-state index is 14.4. The molecule has 0 fully saturated rings. The minimum absolute atomic E-state index is 0.0618. The molecular formula is C33H47F3N6O9Si. The number of hydrogen-bond donors (Lipinski definition) is 3. The van der Waals surface area contributed by atoms with Crippen molar-refractivity contribution in [2.75, 3.05) is 31.0 Å². The van der Waals surface area contributed by atoms with Gasteiger partial charge in [-0.05, 0) is 57.9 Å². The standard InChI is InChI=1S/C33H47F3N6O9Si/c1-32(2,3)51-31(47)39-21-11-9-10-12-22(28(44)48-4)42(29(45)33(34,35)36)23-17-19(38-30(46)49-5)13-14-20(23)24-25(26(37)43)41(27(21)40-24)18-50-15-16-52(6,7)8/h13-14,17,21-22H,9-12,15-16,18H2,1-8H3,(H2,37,43)(H,38,46)(H,39,47)/t21-,22+/m0/s1. The number of ether oxygens (including phenoxy) is 4. The summed E-state index contributed by atoms with van der Waals surface area (Å²) in [5, 5.41) is 5.12. The van der Waals surface area contributed by atoms with Gasteiger partial charge in [-0.3, -0.25) is 24.4 Å². The molecule has 1 aromatic carbocycles. The Labute approximate surface area is 300 Å². The molecule has 2 heterocycles. The van der Waals surface area contributed by atoms with Crippen LogP contribution in [0.4, 0.5) is 34.1 Å². The first-order valence-corrected chi connectivity index (χ1v) is 20.2. The molecule has 2 atom stereocenters. The van der Waals surface area contributed by atoms with Gasteiger partial charge in [-0.25, -0.2) is 19.4 Å². The monoisotopic (exact) mass is 756 g/mol. The van der Waals surface area contributed by atoms with E-state index in [2.05, 4.69) is 35.0 Å². The number of alkyl halides is 3. The topological polar surface area (TPSA) is 193 Å². The highest BCUT2D eigenvalue weighted by atomic mass is 28.3. The average molecular weight is 757 g/mol. The third kappa shape index (κ3) is 10.9. The zero-order chi connectivity index (χ0) is 39.2. The molecule has 0 saturated heterocycles. The lowest BCUT2D eigenvalue weighted by Gasteiger charge is -2.32. The van der Waals surface area contributed by atoms with Gasteiger partial charge >= 0.3 is 30.2 Å². The number of primary amides is 1. The minimum Gasteiger partial charge on any atom is -0.467 e. The number of benzene rings is 1. The summed E-state index contributed by atoms with van der Waals surface area (Å²) in [6.45, 7) is 11.4. The third-order valence-electron chi connectivity index (χ3n) is 7.86. The summed E-state index contributed by atoms with van der Waals surface area (Å²) in [6, 6.07) is 1.47. The van der Waals surface area contributed by atoms with E-state index in [1.54, 1.807) is 20.8 Å². The summed E-state index contributed by atoms with van der Waals surface area (Å²) < 4.78 is 65.5. The van der Waals surface area contributed by atoms with E-state index >= 15 is 0 Å². The Morgan fingerprint density at radius 3 is 2.21 bits per heavy atom. The van der Waals surface area contributed by atoms with Crippen molar-refractivity contribution in [3.8, 4) is 11.3 Å². The van der Waals surface area contributed by atoms with E-state index in [-0.39, 0.29) is 65.8 Å². The number of carbonyl (C=O) groups is 5. The SMILES string of the molecule is COC(=O)Nc1ccc2c(c1)N(C(=O)C(F)(F)F)[C@@H](C(=O)OC)CCCC[C@H](NC(=O)OC(C)(C)C)c1nc-2c(C(N)=O)n1COCC[Si](C)(C)C. The molecule has 4 N–H and O–H groups in total. The number of carbonyl (C=O) groups excluding carboxylic acids is 5. The second kappa shape index (κ2) is 16.8. The first kappa shape index (κ1) is 41.8. The maximum Gasteiger partial charge on any atom is 0.471 e. The van der Waals surface area contributed by atoms with E-state index in [4.69, 9.17) is 24.9 Å². The van der Waals surface area contributed by atoms with Gasteiger partial charge < -0.3 is 30.0 Å². The summed E-state index contributed by atoms with van der Waals surface area (Å²) in [6.07, 6.45) is -7.24. The van der Waals surface area contributed by atoms with Gasteiger partial charge in [0, 0.05) is 25.9 Å². The largest absolute Gasteiger partial charge is 0.471 e. The lowest BCUT2D eigenvalue weighted by Crippen LogP contribution is -2.51. The van der Waals surface area contributed by atoms with E-state index in [1.807, 2.05) is 0 Å². The van der Waals surface area contributed by atoms with E-state index in [0.29, 0.717) is 6.61 Å². The molecule has 0 spiro atoms. The van der Waals surface area contributed by atoms with Gasteiger partial charge in [-0.1, -0.05) is 32.5 Å². The fraction of sp³-hybridized carbons (Fsp3) is 0.576. The van der Waals surface area contributed by atoms with Crippen molar-refractivity contribution < 1.29 is 56.1 Å². The molecule has 19 heteroatoms. The van der Waals surface area contributed by atoms with E-state index in [1.165, 1.54) is 16.7 Å². The van der Waals surface area contributed by atoms with Crippen LogP contribution in [0.2, 0.25) is 25.7 Å². The Morgan fingerprint density at radius 1 is 1.00 bits per heavy atom. The van der Waals surface area contributed by atoms with Gasteiger partial charge in [0.1, 0.15) is 35.6 Å². The average Bonchev–Trinajstić information content (AvgIpc) is 3.40. The maximum atomic E-state index is 14.4. The highest BCUT2D eigenvalue weighted by molar-refractivity contribution is 6.76. The Bertz CT molecular complexity index is 1650. The Hall–Kier alpha value is -4.65. The summed E-state index contributed by atoms with van der Waals surface area (Å²) in [7, 11) is 0.456. The van der Waals surface area contributed by atoms with Crippen molar-refractivity contribution >= 4 is 49.4 Å². The number of amides is 4. The molecule has 2 aromatic rings.